The lowest BCUT2D eigenvalue weighted by Gasteiger charge is -2.07. The molecule has 0 unspecified atom stereocenters. The van der Waals surface area contributed by atoms with Gasteiger partial charge in [-0.2, -0.15) is 0 Å². The first kappa shape index (κ1) is 15.4. The molecule has 0 aliphatic heterocycles. The average molecular weight is 302 g/mol. The molecule has 1 nitrogen and oxygen atoms in total. The summed E-state index contributed by atoms with van der Waals surface area (Å²) in [6, 6.07) is 12.6. The highest BCUT2D eigenvalue weighted by Crippen LogP contribution is 2.31. The predicted molar refractivity (Wildman–Crippen MR) is 97.1 cm³/mol. The Kier molecular flexibility index (Phi) is 5.13. The average Bonchev–Trinajstić information content (AvgIpc) is 2.89. The standard InChI is InChI=1S/C22H22O/c1-2-3-6-13-19-16-17-22(23-19)21-15-10-9-14-20(21)18-11-7-4-5-8-12-18/h4-5,7-11,14-17H,2-3,6,13H2,1H3. The molecule has 1 aromatic carbocycles. The summed E-state index contributed by atoms with van der Waals surface area (Å²) in [4.78, 5) is 0. The Bertz CT molecular complexity index is 780. The SMILES string of the molecule is CCCCCc1ccc(-c2ccccc2C2=C=CC=CC=C2)o1. The number of furan rings is 1. The van der Waals surface area contributed by atoms with Crippen LogP contribution in [0, 0.1) is 0 Å². The second-order valence-corrected chi connectivity index (χ2v) is 5.74. The third kappa shape index (κ3) is 3.83. The van der Waals surface area contributed by atoms with E-state index in [1.807, 2.05) is 24.3 Å². The number of benzene rings is 1. The summed E-state index contributed by atoms with van der Waals surface area (Å²) < 4.78 is 6.09. The second-order valence-electron chi connectivity index (χ2n) is 5.74. The molecule has 1 heteroatoms. The van der Waals surface area contributed by atoms with E-state index in [2.05, 4.69) is 55.1 Å². The van der Waals surface area contributed by atoms with Crippen LogP contribution >= 0.6 is 0 Å². The first-order valence-electron chi connectivity index (χ1n) is 8.37. The lowest BCUT2D eigenvalue weighted by Crippen LogP contribution is -1.86. The molecule has 0 saturated heterocycles. The van der Waals surface area contributed by atoms with Crippen molar-refractivity contribution in [2.45, 2.75) is 32.6 Å². The van der Waals surface area contributed by atoms with E-state index in [1.54, 1.807) is 0 Å². The molecule has 0 bridgehead atoms. The van der Waals surface area contributed by atoms with E-state index < -0.39 is 0 Å². The van der Waals surface area contributed by atoms with Gasteiger partial charge in [-0.3, -0.25) is 0 Å². The van der Waals surface area contributed by atoms with E-state index in [0.717, 1.165) is 34.6 Å². The van der Waals surface area contributed by atoms with Crippen LogP contribution in [0.4, 0.5) is 0 Å². The summed E-state index contributed by atoms with van der Waals surface area (Å²) in [5.74, 6) is 2.01. The maximum atomic E-state index is 6.09. The Balaban J connectivity index is 1.91. The highest BCUT2D eigenvalue weighted by atomic mass is 16.3. The van der Waals surface area contributed by atoms with Crippen LogP contribution in [0.25, 0.3) is 16.9 Å². The Morgan fingerprint density at radius 2 is 1.78 bits per heavy atom. The van der Waals surface area contributed by atoms with Gasteiger partial charge < -0.3 is 4.42 Å². The van der Waals surface area contributed by atoms with Gasteiger partial charge in [0, 0.05) is 23.1 Å². The molecule has 3 rings (SSSR count). The van der Waals surface area contributed by atoms with Crippen molar-refractivity contribution in [2.75, 3.05) is 0 Å². The molecule has 116 valence electrons. The monoisotopic (exact) mass is 302 g/mol. The lowest BCUT2D eigenvalue weighted by molar-refractivity contribution is 0.508. The fraction of sp³-hybridized carbons (Fsp3) is 0.227. The molecule has 0 radical (unpaired) electrons. The number of hydrogen-bond acceptors (Lipinski definition) is 1. The molecule has 0 N–H and O–H groups in total. The fourth-order valence-electron chi connectivity index (χ4n) is 2.76. The van der Waals surface area contributed by atoms with Crippen LogP contribution in [0.15, 0.2) is 76.9 Å². The van der Waals surface area contributed by atoms with Gasteiger partial charge in [-0.15, -0.1) is 5.73 Å². The summed E-state index contributed by atoms with van der Waals surface area (Å²) in [6.45, 7) is 2.22. The topological polar surface area (TPSA) is 13.1 Å². The summed E-state index contributed by atoms with van der Waals surface area (Å²) in [7, 11) is 0. The van der Waals surface area contributed by atoms with Gasteiger partial charge in [0.2, 0.25) is 0 Å². The Morgan fingerprint density at radius 3 is 2.65 bits per heavy atom. The van der Waals surface area contributed by atoms with Crippen molar-refractivity contribution in [3.8, 4) is 11.3 Å². The molecule has 1 aliphatic carbocycles. The molecule has 1 heterocycles. The van der Waals surface area contributed by atoms with Crippen LogP contribution in [-0.4, -0.2) is 0 Å². The van der Waals surface area contributed by atoms with Gasteiger partial charge >= 0.3 is 0 Å². The highest BCUT2D eigenvalue weighted by molar-refractivity contribution is 5.84. The maximum absolute atomic E-state index is 6.09. The molecule has 0 amide bonds. The zero-order valence-electron chi connectivity index (χ0n) is 13.6. The van der Waals surface area contributed by atoms with Gasteiger partial charge in [-0.1, -0.05) is 62.3 Å². The van der Waals surface area contributed by atoms with E-state index in [1.165, 1.54) is 19.3 Å². The minimum absolute atomic E-state index is 0.937. The molecule has 0 fully saturated rings. The van der Waals surface area contributed by atoms with Crippen molar-refractivity contribution in [3.63, 3.8) is 0 Å². The quantitative estimate of drug-likeness (QED) is 0.448. The molecule has 0 spiro atoms. The summed E-state index contributed by atoms with van der Waals surface area (Å²) in [6.07, 6.45) is 14.8. The third-order valence-corrected chi connectivity index (χ3v) is 3.99. The van der Waals surface area contributed by atoms with E-state index in [4.69, 9.17) is 4.42 Å². The molecular weight excluding hydrogens is 280 g/mol. The smallest absolute Gasteiger partial charge is 0.134 e. The summed E-state index contributed by atoms with van der Waals surface area (Å²) >= 11 is 0. The van der Waals surface area contributed by atoms with Crippen LogP contribution in [0.3, 0.4) is 0 Å². The number of hydrogen-bond donors (Lipinski definition) is 0. The normalized spacial score (nSPS) is 13.2. The molecule has 0 atom stereocenters. The fourth-order valence-corrected chi connectivity index (χ4v) is 2.76. The third-order valence-electron chi connectivity index (χ3n) is 3.99. The zero-order valence-corrected chi connectivity index (χ0v) is 13.6. The zero-order chi connectivity index (χ0) is 15.9. The van der Waals surface area contributed by atoms with Gasteiger partial charge in [0.1, 0.15) is 11.5 Å². The molecule has 0 saturated carbocycles. The first-order chi connectivity index (χ1) is 11.4. The molecule has 1 aliphatic rings. The largest absolute Gasteiger partial charge is 0.461 e. The first-order valence-corrected chi connectivity index (χ1v) is 8.37. The van der Waals surface area contributed by atoms with Crippen molar-refractivity contribution in [3.05, 3.63) is 83.8 Å². The summed E-state index contributed by atoms with van der Waals surface area (Å²) in [5, 5.41) is 0. The van der Waals surface area contributed by atoms with Crippen LogP contribution < -0.4 is 0 Å². The van der Waals surface area contributed by atoms with Gasteiger partial charge in [0.25, 0.3) is 0 Å². The number of rotatable bonds is 6. The van der Waals surface area contributed by atoms with Gasteiger partial charge in [0.05, 0.1) is 0 Å². The Labute approximate surface area is 138 Å². The van der Waals surface area contributed by atoms with Crippen LogP contribution in [0.1, 0.15) is 37.5 Å². The van der Waals surface area contributed by atoms with E-state index in [9.17, 15) is 0 Å². The molecular formula is C22H22O. The van der Waals surface area contributed by atoms with Crippen molar-refractivity contribution in [1.29, 1.82) is 0 Å². The molecule has 1 aromatic heterocycles. The highest BCUT2D eigenvalue weighted by Gasteiger charge is 2.11. The Morgan fingerprint density at radius 1 is 0.913 bits per heavy atom. The maximum Gasteiger partial charge on any atom is 0.134 e. The summed E-state index contributed by atoms with van der Waals surface area (Å²) in [5.41, 5.74) is 6.68. The molecule has 23 heavy (non-hydrogen) atoms. The second kappa shape index (κ2) is 7.67. The minimum atomic E-state index is 0.937. The van der Waals surface area contributed by atoms with E-state index >= 15 is 0 Å². The van der Waals surface area contributed by atoms with E-state index in [0.29, 0.717) is 0 Å². The predicted octanol–water partition coefficient (Wildman–Crippen LogP) is 6.34. The molecule has 2 aromatic rings. The number of unbranched alkanes of at least 4 members (excludes halogenated alkanes) is 2. The van der Waals surface area contributed by atoms with Crippen molar-refractivity contribution in [2.24, 2.45) is 0 Å². The Hall–Kier alpha value is -2.50. The number of allylic oxidation sites excluding steroid dienone is 5. The minimum Gasteiger partial charge on any atom is -0.461 e. The van der Waals surface area contributed by atoms with Crippen LogP contribution in [-0.2, 0) is 6.42 Å². The lowest BCUT2D eigenvalue weighted by atomic mass is 9.98. The van der Waals surface area contributed by atoms with Crippen molar-refractivity contribution < 1.29 is 4.42 Å². The van der Waals surface area contributed by atoms with Gasteiger partial charge in [-0.25, -0.2) is 0 Å². The van der Waals surface area contributed by atoms with Crippen LogP contribution in [0.2, 0.25) is 0 Å². The van der Waals surface area contributed by atoms with Crippen LogP contribution in [0.5, 0.6) is 0 Å². The van der Waals surface area contributed by atoms with E-state index in [-0.39, 0.29) is 0 Å². The van der Waals surface area contributed by atoms with Crippen molar-refractivity contribution >= 4 is 5.57 Å². The van der Waals surface area contributed by atoms with Gasteiger partial charge in [-0.05, 0) is 30.7 Å². The van der Waals surface area contributed by atoms with Gasteiger partial charge in [0.15, 0.2) is 0 Å². The number of aryl methyl sites for hydroxylation is 1. The van der Waals surface area contributed by atoms with Crippen molar-refractivity contribution in [1.82, 2.24) is 0 Å².